The van der Waals surface area contributed by atoms with Gasteiger partial charge in [-0.05, 0) is 50.3 Å². The van der Waals surface area contributed by atoms with E-state index in [4.69, 9.17) is 0 Å². The first-order chi connectivity index (χ1) is 15.2. The maximum atomic E-state index is 13.2. The van der Waals surface area contributed by atoms with Crippen molar-refractivity contribution in [3.63, 3.8) is 0 Å². The molecule has 5 nitrogen and oxygen atoms in total. The summed E-state index contributed by atoms with van der Waals surface area (Å²) in [5.74, 6) is 0. The summed E-state index contributed by atoms with van der Waals surface area (Å²) in [6.45, 7) is 1.58. The number of fused-ring (bicyclic) bond motifs is 3. The second-order valence-corrected chi connectivity index (χ2v) is 10.1. The Bertz CT molecular complexity index is 1210. The smallest absolute Gasteiger partial charge is 0.262 e. The van der Waals surface area contributed by atoms with Gasteiger partial charge in [0.1, 0.15) is 4.83 Å². The first-order valence-corrected chi connectivity index (χ1v) is 12.6. The van der Waals surface area contributed by atoms with Crippen LogP contribution in [0.3, 0.4) is 0 Å². The third-order valence-corrected chi connectivity index (χ3v) is 8.03. The van der Waals surface area contributed by atoms with E-state index in [2.05, 4.69) is 51.6 Å². The van der Waals surface area contributed by atoms with Gasteiger partial charge >= 0.3 is 0 Å². The summed E-state index contributed by atoms with van der Waals surface area (Å²) in [7, 11) is 2.18. The van der Waals surface area contributed by atoms with Crippen molar-refractivity contribution in [2.24, 2.45) is 0 Å². The first-order valence-electron chi connectivity index (χ1n) is 10.8. The van der Waals surface area contributed by atoms with E-state index in [1.165, 1.54) is 16.0 Å². The van der Waals surface area contributed by atoms with Crippen molar-refractivity contribution >= 4 is 32.9 Å². The van der Waals surface area contributed by atoms with Gasteiger partial charge in [0, 0.05) is 29.4 Å². The van der Waals surface area contributed by atoms with Gasteiger partial charge in [0.2, 0.25) is 0 Å². The van der Waals surface area contributed by atoms with Crippen LogP contribution in [0, 0.1) is 0 Å². The fraction of sp³-hybridized carbons (Fsp3) is 0.375. The van der Waals surface area contributed by atoms with Gasteiger partial charge in [-0.1, -0.05) is 30.3 Å². The van der Waals surface area contributed by atoms with Crippen molar-refractivity contribution in [1.82, 2.24) is 19.4 Å². The maximum Gasteiger partial charge on any atom is 0.262 e. The Labute approximate surface area is 190 Å². The average Bonchev–Trinajstić information content (AvgIpc) is 3.43. The number of thiazole rings is 1. The third kappa shape index (κ3) is 4.35. The number of nitrogens with zero attached hydrogens (tertiary/aromatic N) is 4. The molecule has 0 saturated heterocycles. The van der Waals surface area contributed by atoms with E-state index in [1.54, 1.807) is 33.6 Å². The topological polar surface area (TPSA) is 51.0 Å². The van der Waals surface area contributed by atoms with Gasteiger partial charge in [0.15, 0.2) is 0 Å². The van der Waals surface area contributed by atoms with Crippen LogP contribution in [0.25, 0.3) is 10.2 Å². The molecule has 31 heavy (non-hydrogen) atoms. The van der Waals surface area contributed by atoms with Crippen LogP contribution in [-0.4, -0.2) is 32.5 Å². The lowest BCUT2D eigenvalue weighted by molar-refractivity contribution is 0.213. The third-order valence-electron chi connectivity index (χ3n) is 6.24. The fourth-order valence-electron chi connectivity index (χ4n) is 4.52. The van der Waals surface area contributed by atoms with Crippen molar-refractivity contribution in [2.75, 3.05) is 7.05 Å². The molecule has 7 heteroatoms. The molecule has 4 aromatic rings. The molecule has 1 aliphatic carbocycles. The lowest BCUT2D eigenvalue weighted by Gasteiger charge is -2.30. The Morgan fingerprint density at radius 3 is 2.90 bits per heavy atom. The van der Waals surface area contributed by atoms with E-state index in [1.807, 2.05) is 11.6 Å². The highest BCUT2D eigenvalue weighted by molar-refractivity contribution is 7.18. The summed E-state index contributed by atoms with van der Waals surface area (Å²) in [5.41, 5.74) is 5.71. The Balaban J connectivity index is 1.31. The molecule has 5 rings (SSSR count). The van der Waals surface area contributed by atoms with Crippen LogP contribution in [0.1, 0.15) is 34.5 Å². The molecule has 3 heterocycles. The molecular formula is C24H26N4OS2. The lowest BCUT2D eigenvalue weighted by Crippen LogP contribution is -2.35. The number of aryl methyl sites for hydroxylation is 3. The number of benzene rings is 1. The van der Waals surface area contributed by atoms with Gasteiger partial charge in [-0.25, -0.2) is 9.97 Å². The molecule has 0 amide bonds. The minimum absolute atomic E-state index is 0.129. The van der Waals surface area contributed by atoms with E-state index in [0.29, 0.717) is 12.6 Å². The van der Waals surface area contributed by atoms with Crippen LogP contribution < -0.4 is 5.56 Å². The monoisotopic (exact) mass is 450 g/mol. The second kappa shape index (κ2) is 9.02. The highest BCUT2D eigenvalue weighted by atomic mass is 32.1. The zero-order valence-electron chi connectivity index (χ0n) is 17.7. The molecule has 3 aromatic heterocycles. The fourth-order valence-corrected chi connectivity index (χ4v) is 6.32. The quantitative estimate of drug-likeness (QED) is 0.415. The van der Waals surface area contributed by atoms with Crippen molar-refractivity contribution in [3.8, 4) is 0 Å². The average molecular weight is 451 g/mol. The van der Waals surface area contributed by atoms with Gasteiger partial charge in [-0.15, -0.1) is 22.7 Å². The number of rotatable bonds is 7. The molecular weight excluding hydrogens is 424 g/mol. The van der Waals surface area contributed by atoms with Crippen molar-refractivity contribution < 1.29 is 0 Å². The summed E-state index contributed by atoms with van der Waals surface area (Å²) in [4.78, 5) is 27.0. The van der Waals surface area contributed by atoms with Crippen LogP contribution in [0.4, 0.5) is 0 Å². The molecule has 1 atom stereocenters. The van der Waals surface area contributed by atoms with Crippen LogP contribution in [0.15, 0.2) is 52.3 Å². The molecule has 0 fully saturated rings. The molecule has 1 aliphatic rings. The number of thiophene rings is 1. The van der Waals surface area contributed by atoms with E-state index in [0.717, 1.165) is 54.6 Å². The van der Waals surface area contributed by atoms with Crippen molar-refractivity contribution in [3.05, 3.63) is 79.6 Å². The van der Waals surface area contributed by atoms with Crippen molar-refractivity contribution in [1.29, 1.82) is 0 Å². The normalized spacial score (nSPS) is 16.1. The van der Waals surface area contributed by atoms with E-state index in [9.17, 15) is 4.79 Å². The first kappa shape index (κ1) is 20.5. The van der Waals surface area contributed by atoms with Crippen LogP contribution in [-0.2, 0) is 32.4 Å². The Kier molecular flexibility index (Phi) is 5.98. The molecule has 0 saturated carbocycles. The minimum Gasteiger partial charge on any atom is -0.299 e. The summed E-state index contributed by atoms with van der Waals surface area (Å²) < 4.78 is 1.80. The highest BCUT2D eigenvalue weighted by Crippen LogP contribution is 2.35. The molecule has 0 N–H and O–H groups in total. The molecule has 0 radical (unpaired) electrons. The Morgan fingerprint density at radius 1 is 1.23 bits per heavy atom. The van der Waals surface area contributed by atoms with Gasteiger partial charge in [0.25, 0.3) is 5.56 Å². The number of likely N-dealkylation sites (N-methyl/N-ethyl adjacent to an activating group) is 1. The number of hydrogen-bond donors (Lipinski definition) is 0. The zero-order valence-corrected chi connectivity index (χ0v) is 19.3. The van der Waals surface area contributed by atoms with Crippen LogP contribution in [0.5, 0.6) is 0 Å². The van der Waals surface area contributed by atoms with Crippen molar-refractivity contribution in [2.45, 2.75) is 51.2 Å². The largest absolute Gasteiger partial charge is 0.299 e. The predicted molar refractivity (Wildman–Crippen MR) is 128 cm³/mol. The molecule has 0 aliphatic heterocycles. The minimum atomic E-state index is 0.129. The van der Waals surface area contributed by atoms with Gasteiger partial charge in [-0.2, -0.15) is 0 Å². The molecule has 1 aromatic carbocycles. The summed E-state index contributed by atoms with van der Waals surface area (Å²) in [6, 6.07) is 10.9. The van der Waals surface area contributed by atoms with Crippen LogP contribution >= 0.6 is 22.7 Å². The summed E-state index contributed by atoms with van der Waals surface area (Å²) >= 11 is 3.35. The molecule has 0 spiro atoms. The Hall–Kier alpha value is -2.35. The van der Waals surface area contributed by atoms with E-state index < -0.39 is 0 Å². The lowest BCUT2D eigenvalue weighted by atomic mass is 9.92. The second-order valence-electron chi connectivity index (χ2n) is 8.31. The highest BCUT2D eigenvalue weighted by Gasteiger charge is 2.27. The maximum absolute atomic E-state index is 13.2. The number of hydrogen-bond acceptors (Lipinski definition) is 6. The SMILES string of the molecule is CN(Cc1cscn1)[C@H]1CCc2c(sc3ncn(CCCc4ccccc4)c(=O)c23)C1. The van der Waals surface area contributed by atoms with Gasteiger partial charge in [-0.3, -0.25) is 14.3 Å². The standard InChI is InChI=1S/C24H26N4OS2/c1-27(13-18-14-30-16-26-18)19-9-10-20-21(12-19)31-23-22(20)24(29)28(15-25-23)11-5-8-17-6-3-2-4-7-17/h2-4,6-7,14-16,19H,5,8-13H2,1H3/t19-/m0/s1. The summed E-state index contributed by atoms with van der Waals surface area (Å²) in [6.07, 6.45) is 6.66. The molecule has 160 valence electrons. The molecule has 0 unspecified atom stereocenters. The zero-order chi connectivity index (χ0) is 21.2. The Morgan fingerprint density at radius 2 is 2.10 bits per heavy atom. The van der Waals surface area contributed by atoms with Crippen LogP contribution in [0.2, 0.25) is 0 Å². The summed E-state index contributed by atoms with van der Waals surface area (Å²) in [5, 5.41) is 2.98. The predicted octanol–water partition coefficient (Wildman–Crippen LogP) is 4.54. The van der Waals surface area contributed by atoms with E-state index in [-0.39, 0.29) is 5.56 Å². The van der Waals surface area contributed by atoms with Gasteiger partial charge < -0.3 is 0 Å². The van der Waals surface area contributed by atoms with E-state index >= 15 is 0 Å². The number of aromatic nitrogens is 3. The molecule has 0 bridgehead atoms. The van der Waals surface area contributed by atoms with Gasteiger partial charge in [0.05, 0.1) is 22.9 Å².